The molecule has 3 heteroatoms. The van der Waals surface area contributed by atoms with E-state index in [4.69, 9.17) is 5.73 Å². The molecule has 0 saturated heterocycles. The second-order valence-corrected chi connectivity index (χ2v) is 8.16. The molecule has 1 aliphatic carbocycles. The van der Waals surface area contributed by atoms with Crippen molar-refractivity contribution in [1.82, 2.24) is 5.32 Å². The number of hydrogen-bond acceptors (Lipinski definition) is 2. The number of nitrogens with one attached hydrogen (secondary N) is 1. The molecule has 3 nitrogen and oxygen atoms in total. The largest absolute Gasteiger partial charge is 0.353 e. The van der Waals surface area contributed by atoms with E-state index < -0.39 is 0 Å². The fourth-order valence-electron chi connectivity index (χ4n) is 3.16. The van der Waals surface area contributed by atoms with Gasteiger partial charge in [-0.15, -0.1) is 0 Å². The first kappa shape index (κ1) is 16.5. The van der Waals surface area contributed by atoms with Gasteiger partial charge in [-0.1, -0.05) is 41.0 Å². The molecule has 2 atom stereocenters. The molecule has 0 aliphatic heterocycles. The van der Waals surface area contributed by atoms with Gasteiger partial charge in [-0.2, -0.15) is 0 Å². The highest BCUT2D eigenvalue weighted by Gasteiger charge is 2.31. The van der Waals surface area contributed by atoms with Crippen LogP contribution in [0.25, 0.3) is 0 Å². The lowest BCUT2D eigenvalue weighted by Crippen LogP contribution is -2.45. The van der Waals surface area contributed by atoms with Crippen molar-refractivity contribution in [3.05, 3.63) is 0 Å². The minimum atomic E-state index is -0.0509. The Morgan fingerprint density at radius 3 is 2.53 bits per heavy atom. The van der Waals surface area contributed by atoms with E-state index in [1.807, 2.05) is 0 Å². The van der Waals surface area contributed by atoms with Crippen LogP contribution in [-0.2, 0) is 4.79 Å². The number of hydrogen-bond donors (Lipinski definition) is 2. The predicted molar refractivity (Wildman–Crippen MR) is 80.8 cm³/mol. The third-order valence-electron chi connectivity index (χ3n) is 4.07. The van der Waals surface area contributed by atoms with E-state index >= 15 is 0 Å². The van der Waals surface area contributed by atoms with Crippen molar-refractivity contribution in [2.75, 3.05) is 6.54 Å². The van der Waals surface area contributed by atoms with Gasteiger partial charge in [0.2, 0.25) is 5.91 Å². The highest BCUT2D eigenvalue weighted by atomic mass is 16.1. The van der Waals surface area contributed by atoms with Gasteiger partial charge in [0.05, 0.1) is 5.92 Å². The summed E-state index contributed by atoms with van der Waals surface area (Å²) in [4.78, 5) is 12.3. The van der Waals surface area contributed by atoms with Gasteiger partial charge < -0.3 is 11.1 Å². The normalized spacial score (nSPS) is 24.8. The van der Waals surface area contributed by atoms with Crippen LogP contribution in [0.1, 0.15) is 66.7 Å². The molecule has 1 aliphatic rings. The Morgan fingerprint density at radius 1 is 1.42 bits per heavy atom. The van der Waals surface area contributed by atoms with E-state index in [0.717, 1.165) is 19.3 Å². The van der Waals surface area contributed by atoms with Crippen LogP contribution >= 0.6 is 0 Å². The summed E-state index contributed by atoms with van der Waals surface area (Å²) < 4.78 is 0. The lowest BCUT2D eigenvalue weighted by Gasteiger charge is -2.36. The van der Waals surface area contributed by atoms with Crippen LogP contribution in [0.2, 0.25) is 0 Å². The van der Waals surface area contributed by atoms with E-state index in [2.05, 4.69) is 39.9 Å². The fourth-order valence-corrected chi connectivity index (χ4v) is 3.16. The second kappa shape index (κ2) is 6.25. The molecular formula is C16H32N2O. The summed E-state index contributed by atoms with van der Waals surface area (Å²) in [6.07, 6.45) is 5.53. The van der Waals surface area contributed by atoms with Crippen LogP contribution in [-0.4, -0.2) is 18.5 Å². The number of rotatable bonds is 4. The molecule has 0 aromatic carbocycles. The molecule has 0 heterocycles. The van der Waals surface area contributed by atoms with Crippen molar-refractivity contribution in [3.8, 4) is 0 Å². The highest BCUT2D eigenvalue weighted by molar-refractivity contribution is 5.79. The molecule has 1 fully saturated rings. The molecule has 2 unspecified atom stereocenters. The number of carbonyl (C=O) groups excluding carboxylic acids is 1. The summed E-state index contributed by atoms with van der Waals surface area (Å²) >= 11 is 0. The molecule has 1 saturated carbocycles. The Labute approximate surface area is 118 Å². The van der Waals surface area contributed by atoms with Gasteiger partial charge in [0.1, 0.15) is 0 Å². The first-order valence-corrected chi connectivity index (χ1v) is 7.63. The zero-order chi connectivity index (χ0) is 14.7. The molecule has 0 aromatic rings. The molecule has 3 N–H and O–H groups in total. The predicted octanol–water partition coefficient (Wildman–Crippen LogP) is 3.08. The van der Waals surface area contributed by atoms with Crippen molar-refractivity contribution in [2.45, 2.75) is 72.8 Å². The summed E-state index contributed by atoms with van der Waals surface area (Å²) in [5.74, 6) is 0.102. The quantitative estimate of drug-likeness (QED) is 0.823. The Kier molecular flexibility index (Phi) is 5.43. The van der Waals surface area contributed by atoms with Gasteiger partial charge in [-0.25, -0.2) is 0 Å². The van der Waals surface area contributed by atoms with Crippen molar-refractivity contribution in [1.29, 1.82) is 0 Å². The van der Waals surface area contributed by atoms with Crippen LogP contribution in [0, 0.1) is 16.7 Å². The van der Waals surface area contributed by atoms with Crippen molar-refractivity contribution >= 4 is 5.91 Å². The van der Waals surface area contributed by atoms with E-state index in [1.165, 1.54) is 12.8 Å². The van der Waals surface area contributed by atoms with Crippen LogP contribution in [0.3, 0.4) is 0 Å². The molecule has 0 aromatic heterocycles. The number of carbonyl (C=O) groups is 1. The average Bonchev–Trinajstić information content (AvgIpc) is 2.23. The third-order valence-corrected chi connectivity index (χ3v) is 4.07. The summed E-state index contributed by atoms with van der Waals surface area (Å²) in [6.45, 7) is 11.5. The maximum Gasteiger partial charge on any atom is 0.224 e. The van der Waals surface area contributed by atoms with Crippen molar-refractivity contribution in [2.24, 2.45) is 22.5 Å². The topological polar surface area (TPSA) is 55.1 Å². The Balaban J connectivity index is 2.53. The van der Waals surface area contributed by atoms with Crippen molar-refractivity contribution < 1.29 is 4.79 Å². The van der Waals surface area contributed by atoms with Gasteiger partial charge in [0.25, 0.3) is 0 Å². The summed E-state index contributed by atoms with van der Waals surface area (Å²) in [6, 6.07) is 0.338. The average molecular weight is 268 g/mol. The van der Waals surface area contributed by atoms with Crippen LogP contribution in [0.4, 0.5) is 0 Å². The van der Waals surface area contributed by atoms with Gasteiger partial charge in [0.15, 0.2) is 0 Å². The molecular weight excluding hydrogens is 236 g/mol. The standard InChI is InChI=1S/C16H32N2O/c1-15(2,3)9-12(11-17)14(19)18-13-7-6-8-16(4,5)10-13/h12-13H,6-11,17H2,1-5H3,(H,18,19). The Bertz CT molecular complexity index is 304. The first-order valence-electron chi connectivity index (χ1n) is 7.63. The zero-order valence-electron chi connectivity index (χ0n) is 13.4. The fraction of sp³-hybridized carbons (Fsp3) is 0.938. The third kappa shape index (κ3) is 5.94. The zero-order valence-corrected chi connectivity index (χ0v) is 13.4. The summed E-state index contributed by atoms with van der Waals surface area (Å²) in [5.41, 5.74) is 6.28. The molecule has 1 rings (SSSR count). The van der Waals surface area contributed by atoms with Gasteiger partial charge in [-0.05, 0) is 36.5 Å². The van der Waals surface area contributed by atoms with E-state index in [1.54, 1.807) is 0 Å². The number of nitrogens with two attached hydrogens (primary N) is 1. The maximum absolute atomic E-state index is 12.3. The van der Waals surface area contributed by atoms with Crippen LogP contribution in [0.15, 0.2) is 0 Å². The molecule has 19 heavy (non-hydrogen) atoms. The van der Waals surface area contributed by atoms with Crippen LogP contribution < -0.4 is 11.1 Å². The maximum atomic E-state index is 12.3. The monoisotopic (exact) mass is 268 g/mol. The van der Waals surface area contributed by atoms with E-state index in [-0.39, 0.29) is 17.2 Å². The molecule has 112 valence electrons. The van der Waals surface area contributed by atoms with Crippen LogP contribution in [0.5, 0.6) is 0 Å². The minimum Gasteiger partial charge on any atom is -0.353 e. The SMILES string of the molecule is CC(C)(C)CC(CN)C(=O)NC1CCCC(C)(C)C1. The smallest absolute Gasteiger partial charge is 0.224 e. The van der Waals surface area contributed by atoms with E-state index in [0.29, 0.717) is 18.0 Å². The minimum absolute atomic E-state index is 0.0509. The molecule has 0 radical (unpaired) electrons. The first-order chi connectivity index (χ1) is 8.63. The number of amides is 1. The summed E-state index contributed by atoms with van der Waals surface area (Å²) in [7, 11) is 0. The molecule has 1 amide bonds. The van der Waals surface area contributed by atoms with Gasteiger partial charge in [0, 0.05) is 12.6 Å². The second-order valence-electron chi connectivity index (χ2n) is 8.16. The van der Waals surface area contributed by atoms with Gasteiger partial charge >= 0.3 is 0 Å². The van der Waals surface area contributed by atoms with Crippen molar-refractivity contribution in [3.63, 3.8) is 0 Å². The Morgan fingerprint density at radius 2 is 2.05 bits per heavy atom. The Hall–Kier alpha value is -0.570. The lowest BCUT2D eigenvalue weighted by molar-refractivity contribution is -0.126. The lowest BCUT2D eigenvalue weighted by atomic mass is 9.75. The molecule has 0 spiro atoms. The molecule has 0 bridgehead atoms. The highest BCUT2D eigenvalue weighted by Crippen LogP contribution is 2.35. The van der Waals surface area contributed by atoms with Gasteiger partial charge in [-0.3, -0.25) is 4.79 Å². The summed E-state index contributed by atoms with van der Waals surface area (Å²) in [5, 5.41) is 3.23. The van der Waals surface area contributed by atoms with E-state index in [9.17, 15) is 4.79 Å².